The van der Waals surface area contributed by atoms with Crippen molar-refractivity contribution in [3.8, 4) is 0 Å². The summed E-state index contributed by atoms with van der Waals surface area (Å²) in [5, 5.41) is 6.12. The molecule has 6 heteroatoms. The first-order valence-electron chi connectivity index (χ1n) is 8.42. The van der Waals surface area contributed by atoms with Gasteiger partial charge in [-0.1, -0.05) is 29.8 Å². The molecule has 3 rings (SSSR count). The molecule has 0 spiro atoms. The fourth-order valence-electron chi connectivity index (χ4n) is 2.45. The van der Waals surface area contributed by atoms with Gasteiger partial charge in [0.2, 0.25) is 0 Å². The number of pyridine rings is 1. The van der Waals surface area contributed by atoms with E-state index in [0.717, 1.165) is 11.1 Å². The van der Waals surface area contributed by atoms with E-state index in [2.05, 4.69) is 25.6 Å². The highest BCUT2D eigenvalue weighted by molar-refractivity contribution is 5.92. The van der Waals surface area contributed by atoms with Crippen LogP contribution in [0.2, 0.25) is 0 Å². The number of anilines is 1. The second kappa shape index (κ2) is 8.20. The quantitative estimate of drug-likeness (QED) is 0.716. The van der Waals surface area contributed by atoms with E-state index in [1.165, 1.54) is 5.56 Å². The van der Waals surface area contributed by atoms with E-state index in [9.17, 15) is 4.79 Å². The number of nitrogens with one attached hydrogen (secondary N) is 2. The predicted molar refractivity (Wildman–Crippen MR) is 101 cm³/mol. The third kappa shape index (κ3) is 4.86. The number of aryl methyl sites for hydroxylation is 2. The van der Waals surface area contributed by atoms with Crippen molar-refractivity contribution in [3.05, 3.63) is 83.1 Å². The molecule has 1 amide bonds. The molecule has 6 nitrogen and oxygen atoms in total. The van der Waals surface area contributed by atoms with E-state index in [0.29, 0.717) is 30.4 Å². The fourth-order valence-corrected chi connectivity index (χ4v) is 2.45. The number of nitrogens with zero attached hydrogens (tertiary/aromatic N) is 3. The van der Waals surface area contributed by atoms with Crippen LogP contribution in [0.15, 0.2) is 54.9 Å². The van der Waals surface area contributed by atoms with E-state index in [1.807, 2.05) is 43.3 Å². The molecule has 0 unspecified atom stereocenters. The van der Waals surface area contributed by atoms with Crippen molar-refractivity contribution in [3.63, 3.8) is 0 Å². The Morgan fingerprint density at radius 2 is 1.62 bits per heavy atom. The van der Waals surface area contributed by atoms with Crippen molar-refractivity contribution in [1.29, 1.82) is 0 Å². The molecule has 0 aliphatic heterocycles. The second-order valence-corrected chi connectivity index (χ2v) is 6.06. The number of hydrogen-bond acceptors (Lipinski definition) is 5. The lowest BCUT2D eigenvalue weighted by molar-refractivity contribution is 0.0945. The number of amides is 1. The molecule has 0 aliphatic carbocycles. The molecule has 2 aromatic heterocycles. The maximum Gasteiger partial charge on any atom is 0.270 e. The van der Waals surface area contributed by atoms with Gasteiger partial charge in [0.05, 0.1) is 0 Å². The Hall–Kier alpha value is -3.28. The largest absolute Gasteiger partial charge is 0.366 e. The van der Waals surface area contributed by atoms with E-state index in [4.69, 9.17) is 0 Å². The van der Waals surface area contributed by atoms with Crippen LogP contribution in [0.4, 0.5) is 5.82 Å². The second-order valence-electron chi connectivity index (χ2n) is 6.06. The van der Waals surface area contributed by atoms with E-state index < -0.39 is 0 Å². The van der Waals surface area contributed by atoms with Crippen molar-refractivity contribution in [2.24, 2.45) is 0 Å². The van der Waals surface area contributed by atoms with Crippen LogP contribution < -0.4 is 10.6 Å². The molecular formula is C20H21N5O. The van der Waals surface area contributed by atoms with Gasteiger partial charge in [0.25, 0.3) is 5.91 Å². The summed E-state index contributed by atoms with van der Waals surface area (Å²) in [5.41, 5.74) is 3.67. The van der Waals surface area contributed by atoms with Crippen molar-refractivity contribution in [2.45, 2.75) is 26.9 Å². The molecule has 2 heterocycles. The summed E-state index contributed by atoms with van der Waals surface area (Å²) < 4.78 is 0. The summed E-state index contributed by atoms with van der Waals surface area (Å²) in [7, 11) is 0. The van der Waals surface area contributed by atoms with Gasteiger partial charge < -0.3 is 10.6 Å². The minimum absolute atomic E-state index is 0.219. The summed E-state index contributed by atoms with van der Waals surface area (Å²) in [6, 6.07) is 13.6. The fraction of sp³-hybridized carbons (Fsp3) is 0.200. The van der Waals surface area contributed by atoms with Crippen LogP contribution in [0, 0.1) is 13.8 Å². The SMILES string of the molecule is Cc1ccc(CNC(=O)c2cc(NCc3ccncc3)nc(C)n2)cc1. The molecule has 1 aromatic carbocycles. The van der Waals surface area contributed by atoms with Crippen LogP contribution in [0.5, 0.6) is 0 Å². The average molecular weight is 347 g/mol. The smallest absolute Gasteiger partial charge is 0.270 e. The Balaban J connectivity index is 1.64. The maximum absolute atomic E-state index is 12.4. The first kappa shape index (κ1) is 17.5. The van der Waals surface area contributed by atoms with Crippen LogP contribution >= 0.6 is 0 Å². The average Bonchev–Trinajstić information content (AvgIpc) is 2.66. The molecule has 0 fully saturated rings. The van der Waals surface area contributed by atoms with Crippen LogP contribution in [0.25, 0.3) is 0 Å². The number of aromatic nitrogens is 3. The van der Waals surface area contributed by atoms with Gasteiger partial charge in [-0.15, -0.1) is 0 Å². The summed E-state index contributed by atoms with van der Waals surface area (Å²) in [4.78, 5) is 25.0. The van der Waals surface area contributed by atoms with Gasteiger partial charge in [-0.25, -0.2) is 9.97 Å². The molecule has 0 saturated heterocycles. The molecular weight excluding hydrogens is 326 g/mol. The molecule has 26 heavy (non-hydrogen) atoms. The summed E-state index contributed by atoms with van der Waals surface area (Å²) in [6.45, 7) is 4.87. The Bertz CT molecular complexity index is 878. The van der Waals surface area contributed by atoms with Crippen LogP contribution in [-0.4, -0.2) is 20.9 Å². The number of benzene rings is 1. The number of hydrogen-bond donors (Lipinski definition) is 2. The highest BCUT2D eigenvalue weighted by atomic mass is 16.1. The lowest BCUT2D eigenvalue weighted by Gasteiger charge is -2.09. The first-order chi connectivity index (χ1) is 12.6. The molecule has 0 aliphatic rings. The van der Waals surface area contributed by atoms with Crippen LogP contribution in [0.3, 0.4) is 0 Å². The zero-order valence-electron chi connectivity index (χ0n) is 14.9. The minimum atomic E-state index is -0.219. The van der Waals surface area contributed by atoms with Gasteiger partial charge in [-0.05, 0) is 37.1 Å². The first-order valence-corrected chi connectivity index (χ1v) is 8.42. The standard InChI is InChI=1S/C20H21N5O/c1-14-3-5-16(6-4-14)13-23-20(26)18-11-19(25-15(2)24-18)22-12-17-7-9-21-10-8-17/h3-11H,12-13H2,1-2H3,(H,23,26)(H,22,24,25). The zero-order valence-corrected chi connectivity index (χ0v) is 14.9. The third-order valence-electron chi connectivity index (χ3n) is 3.87. The number of rotatable bonds is 6. The van der Waals surface area contributed by atoms with Crippen molar-refractivity contribution in [1.82, 2.24) is 20.3 Å². The lowest BCUT2D eigenvalue weighted by Crippen LogP contribution is -2.24. The minimum Gasteiger partial charge on any atom is -0.366 e. The van der Waals surface area contributed by atoms with Gasteiger partial charge in [-0.2, -0.15) is 0 Å². The summed E-state index contributed by atoms with van der Waals surface area (Å²) in [5.74, 6) is 0.947. The molecule has 2 N–H and O–H groups in total. The molecule has 132 valence electrons. The molecule has 0 saturated carbocycles. The Labute approximate surface area is 152 Å². The maximum atomic E-state index is 12.4. The summed E-state index contributed by atoms with van der Waals surface area (Å²) in [6.07, 6.45) is 3.48. The number of carbonyl (C=O) groups is 1. The Morgan fingerprint density at radius 1 is 0.923 bits per heavy atom. The van der Waals surface area contributed by atoms with Gasteiger partial charge in [0, 0.05) is 31.5 Å². The van der Waals surface area contributed by atoms with Crippen molar-refractivity contribution in [2.75, 3.05) is 5.32 Å². The van der Waals surface area contributed by atoms with Gasteiger partial charge in [0.1, 0.15) is 17.3 Å². The predicted octanol–water partition coefficient (Wildman–Crippen LogP) is 3.03. The topological polar surface area (TPSA) is 79.8 Å². The van der Waals surface area contributed by atoms with E-state index >= 15 is 0 Å². The van der Waals surface area contributed by atoms with Crippen LogP contribution in [0.1, 0.15) is 33.0 Å². The normalized spacial score (nSPS) is 10.4. The third-order valence-corrected chi connectivity index (χ3v) is 3.87. The Morgan fingerprint density at radius 3 is 2.35 bits per heavy atom. The lowest BCUT2D eigenvalue weighted by atomic mass is 10.1. The van der Waals surface area contributed by atoms with Crippen LogP contribution in [-0.2, 0) is 13.1 Å². The van der Waals surface area contributed by atoms with Gasteiger partial charge in [-0.3, -0.25) is 9.78 Å². The molecule has 0 radical (unpaired) electrons. The zero-order chi connectivity index (χ0) is 18.4. The molecule has 0 atom stereocenters. The highest BCUT2D eigenvalue weighted by Crippen LogP contribution is 2.09. The Kier molecular flexibility index (Phi) is 5.53. The number of carbonyl (C=O) groups excluding carboxylic acids is 1. The molecule has 0 bridgehead atoms. The highest BCUT2D eigenvalue weighted by Gasteiger charge is 2.10. The van der Waals surface area contributed by atoms with Gasteiger partial charge in [0.15, 0.2) is 0 Å². The van der Waals surface area contributed by atoms with Crippen molar-refractivity contribution < 1.29 is 4.79 Å². The van der Waals surface area contributed by atoms with E-state index in [1.54, 1.807) is 25.4 Å². The van der Waals surface area contributed by atoms with Crippen molar-refractivity contribution >= 4 is 11.7 Å². The van der Waals surface area contributed by atoms with E-state index in [-0.39, 0.29) is 5.91 Å². The summed E-state index contributed by atoms with van der Waals surface area (Å²) >= 11 is 0. The monoisotopic (exact) mass is 347 g/mol. The molecule has 3 aromatic rings. The van der Waals surface area contributed by atoms with Gasteiger partial charge >= 0.3 is 0 Å².